The van der Waals surface area contributed by atoms with Gasteiger partial charge in [0.1, 0.15) is 0 Å². The molecule has 1 heterocycles. The Balaban J connectivity index is 2.00. The third kappa shape index (κ3) is 2.94. The van der Waals surface area contributed by atoms with E-state index >= 15 is 0 Å². The van der Waals surface area contributed by atoms with E-state index in [1.54, 1.807) is 0 Å². The highest BCUT2D eigenvalue weighted by atomic mass is 32.2. The van der Waals surface area contributed by atoms with Gasteiger partial charge in [0.2, 0.25) is 0 Å². The Hall–Kier alpha value is 0.780. The summed E-state index contributed by atoms with van der Waals surface area (Å²) >= 11 is 2.13. The van der Waals surface area contributed by atoms with Crippen molar-refractivity contribution in [3.8, 4) is 0 Å². The van der Waals surface area contributed by atoms with Crippen LogP contribution in [0.5, 0.6) is 0 Å². The van der Waals surface area contributed by atoms with Gasteiger partial charge in [-0.05, 0) is 36.7 Å². The first-order chi connectivity index (χ1) is 4.00. The fourth-order valence-corrected chi connectivity index (χ4v) is 3.34. The fraction of sp³-hybridized carbons (Fsp3) is 1.00. The molecule has 0 atom stereocenters. The van der Waals surface area contributed by atoms with E-state index in [1.165, 1.54) is 45.3 Å². The Morgan fingerprint density at radius 1 is 1.00 bits per heavy atom. The van der Waals surface area contributed by atoms with Crippen molar-refractivity contribution in [1.29, 1.82) is 0 Å². The molecule has 0 aliphatic carbocycles. The van der Waals surface area contributed by atoms with Crippen molar-refractivity contribution in [2.24, 2.45) is 0 Å². The van der Waals surface area contributed by atoms with Crippen molar-refractivity contribution in [3.63, 3.8) is 0 Å². The maximum Gasteiger partial charge on any atom is -0.00643 e. The summed E-state index contributed by atoms with van der Waals surface area (Å²) in [5, 5.41) is 0. The Morgan fingerprint density at radius 3 is 2.25 bits per heavy atom. The molecule has 0 aromatic heterocycles. The first-order valence-corrected chi connectivity index (χ1v) is 5.85. The molecule has 1 fully saturated rings. The van der Waals surface area contributed by atoms with Gasteiger partial charge in [-0.15, -0.1) is 8.58 Å². The molecule has 0 unspecified atom stereocenters. The second-order valence-electron chi connectivity index (χ2n) is 2.07. The summed E-state index contributed by atoms with van der Waals surface area (Å²) < 4.78 is 0. The number of rotatable bonds is 0. The van der Waals surface area contributed by atoms with Gasteiger partial charge in [0.15, 0.2) is 0 Å². The van der Waals surface area contributed by atoms with Crippen LogP contribution in [0.4, 0.5) is 0 Å². The molecule has 0 aromatic rings. The zero-order valence-corrected chi connectivity index (χ0v) is 6.97. The zero-order chi connectivity index (χ0) is 5.66. The molecule has 1 aliphatic heterocycles. The summed E-state index contributed by atoms with van der Waals surface area (Å²) in [4.78, 5) is 0. The topological polar surface area (TPSA) is 0 Å². The Labute approximate surface area is 57.6 Å². The maximum atomic E-state index is 2.13. The van der Waals surface area contributed by atoms with Gasteiger partial charge in [0.05, 0.1) is 0 Å². The van der Waals surface area contributed by atoms with Gasteiger partial charge in [-0.1, -0.05) is 0 Å². The van der Waals surface area contributed by atoms with Crippen molar-refractivity contribution in [1.82, 2.24) is 0 Å². The molecule has 48 valence electrons. The van der Waals surface area contributed by atoms with Crippen molar-refractivity contribution in [2.45, 2.75) is 12.8 Å². The number of hydrogen-bond donors (Lipinski definition) is 0. The monoisotopic (exact) mass is 148 g/mol. The second-order valence-corrected chi connectivity index (χ2v) is 4.79. The molecule has 0 amide bonds. The van der Waals surface area contributed by atoms with Gasteiger partial charge in [-0.25, -0.2) is 0 Å². The average molecular weight is 148 g/mol. The molecule has 0 nitrogen and oxygen atoms in total. The molecule has 0 aromatic carbocycles. The van der Waals surface area contributed by atoms with Crippen molar-refractivity contribution < 1.29 is 0 Å². The zero-order valence-electron chi connectivity index (χ0n) is 5.15. The summed E-state index contributed by atoms with van der Waals surface area (Å²) in [6.45, 7) is 0. The standard InChI is InChI=1S/C6H13PS/c1-3-7-4-2-6-8-5-1/h7H,1-6H2. The van der Waals surface area contributed by atoms with Gasteiger partial charge in [0.25, 0.3) is 0 Å². The summed E-state index contributed by atoms with van der Waals surface area (Å²) in [5.41, 5.74) is 0. The largest absolute Gasteiger partial charge is 0.162 e. The molecule has 2 heteroatoms. The van der Waals surface area contributed by atoms with Crippen LogP contribution in [0, 0.1) is 0 Å². The van der Waals surface area contributed by atoms with E-state index in [4.69, 9.17) is 0 Å². The fourth-order valence-electron chi connectivity index (χ4n) is 0.826. The predicted octanol–water partition coefficient (Wildman–Crippen LogP) is 2.19. The minimum Gasteiger partial charge on any atom is -0.162 e. The highest BCUT2D eigenvalue weighted by molar-refractivity contribution is 7.99. The van der Waals surface area contributed by atoms with E-state index < -0.39 is 0 Å². The third-order valence-corrected chi connectivity index (χ3v) is 3.85. The second kappa shape index (κ2) is 4.64. The van der Waals surface area contributed by atoms with Crippen molar-refractivity contribution >= 4 is 20.3 Å². The van der Waals surface area contributed by atoms with Gasteiger partial charge < -0.3 is 0 Å². The van der Waals surface area contributed by atoms with E-state index in [-0.39, 0.29) is 0 Å². The molecule has 0 N–H and O–H groups in total. The van der Waals surface area contributed by atoms with Crippen LogP contribution in [0.25, 0.3) is 0 Å². The van der Waals surface area contributed by atoms with Crippen LogP contribution >= 0.6 is 20.3 Å². The minimum absolute atomic E-state index is 1.28. The average Bonchev–Trinajstić information content (AvgIpc) is 1.62. The van der Waals surface area contributed by atoms with Crippen LogP contribution in [-0.4, -0.2) is 23.8 Å². The highest BCUT2D eigenvalue weighted by Gasteiger charge is 1.95. The molecule has 8 heavy (non-hydrogen) atoms. The van der Waals surface area contributed by atoms with E-state index in [0.29, 0.717) is 0 Å². The lowest BCUT2D eigenvalue weighted by molar-refractivity contribution is 1.05. The smallest absolute Gasteiger partial charge is 0.00643 e. The van der Waals surface area contributed by atoms with Crippen LogP contribution in [0.2, 0.25) is 0 Å². The molecule has 0 bridgehead atoms. The Bertz CT molecular complexity index is 32.5. The molecule has 0 radical (unpaired) electrons. The minimum atomic E-state index is 1.28. The van der Waals surface area contributed by atoms with Crippen LogP contribution in [0.15, 0.2) is 0 Å². The highest BCUT2D eigenvalue weighted by Crippen LogP contribution is 2.19. The van der Waals surface area contributed by atoms with Gasteiger partial charge in [0, 0.05) is 0 Å². The molecular formula is C6H13PS. The maximum absolute atomic E-state index is 2.13. The summed E-state index contributed by atoms with van der Waals surface area (Å²) in [7, 11) is 1.28. The van der Waals surface area contributed by atoms with Crippen LogP contribution < -0.4 is 0 Å². The summed E-state index contributed by atoms with van der Waals surface area (Å²) in [6.07, 6.45) is 5.96. The SMILES string of the molecule is C1CPCCCSC1. The summed E-state index contributed by atoms with van der Waals surface area (Å²) in [5.74, 6) is 2.85. The molecule has 1 rings (SSSR count). The number of thioether (sulfide) groups is 1. The van der Waals surface area contributed by atoms with Gasteiger partial charge >= 0.3 is 0 Å². The van der Waals surface area contributed by atoms with Gasteiger partial charge in [-0.2, -0.15) is 11.8 Å². The first kappa shape index (κ1) is 6.89. The quantitative estimate of drug-likeness (QED) is 0.474. The predicted molar refractivity (Wildman–Crippen MR) is 44.6 cm³/mol. The van der Waals surface area contributed by atoms with E-state index in [1.807, 2.05) is 0 Å². The van der Waals surface area contributed by atoms with Crippen LogP contribution in [-0.2, 0) is 0 Å². The van der Waals surface area contributed by atoms with Crippen LogP contribution in [0.3, 0.4) is 0 Å². The lowest BCUT2D eigenvalue weighted by Crippen LogP contribution is -1.92. The Kier molecular flexibility index (Phi) is 4.00. The third-order valence-electron chi connectivity index (χ3n) is 1.28. The van der Waals surface area contributed by atoms with E-state index in [0.717, 1.165) is 0 Å². The lowest BCUT2D eigenvalue weighted by atomic mass is 10.5. The van der Waals surface area contributed by atoms with E-state index in [9.17, 15) is 0 Å². The summed E-state index contributed by atoms with van der Waals surface area (Å²) in [6, 6.07) is 0. The molecule has 0 saturated carbocycles. The Morgan fingerprint density at radius 2 is 1.62 bits per heavy atom. The van der Waals surface area contributed by atoms with Crippen molar-refractivity contribution in [2.75, 3.05) is 23.8 Å². The van der Waals surface area contributed by atoms with Crippen LogP contribution in [0.1, 0.15) is 12.8 Å². The molecule has 1 saturated heterocycles. The molecule has 1 aliphatic rings. The van der Waals surface area contributed by atoms with Gasteiger partial charge in [-0.3, -0.25) is 0 Å². The normalized spacial score (nSPS) is 24.0. The number of hydrogen-bond acceptors (Lipinski definition) is 1. The molecule has 0 spiro atoms. The molecular weight excluding hydrogens is 135 g/mol. The van der Waals surface area contributed by atoms with E-state index in [2.05, 4.69) is 11.8 Å². The first-order valence-electron chi connectivity index (χ1n) is 3.28. The lowest BCUT2D eigenvalue weighted by Gasteiger charge is -2.06. The van der Waals surface area contributed by atoms with Crippen molar-refractivity contribution in [3.05, 3.63) is 0 Å².